The number of para-hydroxylation sites is 1. The van der Waals surface area contributed by atoms with Crippen LogP contribution in [0, 0.1) is 5.82 Å². The molecule has 1 atom stereocenters. The smallest absolute Gasteiger partial charge is 0.162 e. The van der Waals surface area contributed by atoms with Crippen molar-refractivity contribution in [2.45, 2.75) is 5.60 Å². The summed E-state index contributed by atoms with van der Waals surface area (Å²) in [5.74, 6) is -0.269. The van der Waals surface area contributed by atoms with Crippen LogP contribution in [0.4, 0.5) is 10.1 Å². The molecule has 0 radical (unpaired) electrons. The highest BCUT2D eigenvalue weighted by molar-refractivity contribution is 6.13. The van der Waals surface area contributed by atoms with Crippen molar-refractivity contribution in [3.05, 3.63) is 101 Å². The van der Waals surface area contributed by atoms with E-state index in [4.69, 9.17) is 9.73 Å². The minimum Gasteiger partial charge on any atom is -0.362 e. The Hall–Kier alpha value is -2.78. The molecule has 3 aromatic rings. The molecule has 1 aliphatic rings. The molecule has 1 unspecified atom stereocenters. The highest BCUT2D eigenvalue weighted by Crippen LogP contribution is 2.47. The number of methoxy groups -OCH3 is 1. The zero-order valence-electron chi connectivity index (χ0n) is 13.2. The van der Waals surface area contributed by atoms with Gasteiger partial charge in [0.05, 0.1) is 11.4 Å². The first kappa shape index (κ1) is 14.8. The number of fused-ring (bicyclic) bond motifs is 1. The van der Waals surface area contributed by atoms with Gasteiger partial charge in [-0.25, -0.2) is 9.38 Å². The van der Waals surface area contributed by atoms with Crippen LogP contribution in [0.15, 0.2) is 83.9 Å². The van der Waals surface area contributed by atoms with Gasteiger partial charge < -0.3 is 4.74 Å². The second-order valence-electron chi connectivity index (χ2n) is 5.74. The highest BCUT2D eigenvalue weighted by Gasteiger charge is 2.46. The topological polar surface area (TPSA) is 21.6 Å². The van der Waals surface area contributed by atoms with E-state index in [1.807, 2.05) is 54.6 Å². The third-order valence-electron chi connectivity index (χ3n) is 4.45. The third kappa shape index (κ3) is 2.09. The highest BCUT2D eigenvalue weighted by atomic mass is 19.1. The SMILES string of the molecule is COC1(c2ccc(F)cc2)C(c2ccccc2)=Nc2ccccc21. The van der Waals surface area contributed by atoms with Gasteiger partial charge in [0.2, 0.25) is 0 Å². The molecular weight excluding hydrogens is 301 g/mol. The molecule has 4 rings (SSSR count). The fourth-order valence-electron chi connectivity index (χ4n) is 3.36. The lowest BCUT2D eigenvalue weighted by Crippen LogP contribution is -2.37. The van der Waals surface area contributed by atoms with Gasteiger partial charge in [-0.05, 0) is 29.3 Å². The first-order chi connectivity index (χ1) is 11.8. The minimum absolute atomic E-state index is 0.269. The lowest BCUT2D eigenvalue weighted by molar-refractivity contribution is 0.0868. The monoisotopic (exact) mass is 317 g/mol. The van der Waals surface area contributed by atoms with E-state index in [1.165, 1.54) is 12.1 Å². The number of aliphatic imine (C=N–C) groups is 1. The summed E-state index contributed by atoms with van der Waals surface area (Å²) in [7, 11) is 1.67. The van der Waals surface area contributed by atoms with Crippen LogP contribution in [0.1, 0.15) is 16.7 Å². The minimum atomic E-state index is -0.842. The van der Waals surface area contributed by atoms with Crippen LogP contribution < -0.4 is 0 Å². The zero-order valence-corrected chi connectivity index (χ0v) is 13.2. The van der Waals surface area contributed by atoms with Crippen molar-refractivity contribution >= 4 is 11.4 Å². The summed E-state index contributed by atoms with van der Waals surface area (Å²) < 4.78 is 19.5. The van der Waals surface area contributed by atoms with Gasteiger partial charge in [0.1, 0.15) is 5.82 Å². The van der Waals surface area contributed by atoms with Gasteiger partial charge in [0, 0.05) is 12.7 Å². The molecule has 0 bridgehead atoms. The molecule has 2 nitrogen and oxygen atoms in total. The quantitative estimate of drug-likeness (QED) is 0.676. The van der Waals surface area contributed by atoms with Crippen LogP contribution >= 0.6 is 0 Å². The number of halogens is 1. The summed E-state index contributed by atoms with van der Waals surface area (Å²) in [5.41, 5.74) is 3.67. The Balaban J connectivity index is 2.00. The molecule has 3 heteroatoms. The number of hydrogen-bond acceptors (Lipinski definition) is 2. The number of ether oxygens (including phenoxy) is 1. The molecule has 1 aliphatic heterocycles. The largest absolute Gasteiger partial charge is 0.362 e. The average Bonchev–Trinajstić information content (AvgIpc) is 2.98. The molecule has 1 heterocycles. The van der Waals surface area contributed by atoms with Crippen LogP contribution in [-0.2, 0) is 10.3 Å². The molecule has 0 aliphatic carbocycles. The maximum absolute atomic E-state index is 13.4. The van der Waals surface area contributed by atoms with Gasteiger partial charge in [0.25, 0.3) is 0 Å². The molecule has 3 aromatic carbocycles. The number of hydrogen-bond donors (Lipinski definition) is 0. The third-order valence-corrected chi connectivity index (χ3v) is 4.45. The maximum Gasteiger partial charge on any atom is 0.162 e. The van der Waals surface area contributed by atoms with Crippen LogP contribution in [0.2, 0.25) is 0 Å². The standard InChI is InChI=1S/C21H16FNO/c1-24-21(16-11-13-17(22)14-12-16)18-9-5-6-10-19(18)23-20(21)15-7-3-2-4-8-15/h2-14H,1H3. The van der Waals surface area contributed by atoms with Crippen molar-refractivity contribution in [3.63, 3.8) is 0 Å². The van der Waals surface area contributed by atoms with E-state index in [0.29, 0.717) is 0 Å². The Labute approximate surface area is 140 Å². The second kappa shape index (κ2) is 5.69. The van der Waals surface area contributed by atoms with Gasteiger partial charge in [-0.3, -0.25) is 0 Å². The van der Waals surface area contributed by atoms with Crippen molar-refractivity contribution in [1.29, 1.82) is 0 Å². The molecule has 0 saturated carbocycles. The molecule has 0 spiro atoms. The Kier molecular flexibility index (Phi) is 3.51. The first-order valence-electron chi connectivity index (χ1n) is 7.81. The van der Waals surface area contributed by atoms with E-state index in [1.54, 1.807) is 19.2 Å². The normalized spacial score (nSPS) is 19.0. The Morgan fingerprint density at radius 2 is 1.50 bits per heavy atom. The van der Waals surface area contributed by atoms with Gasteiger partial charge in [-0.1, -0.05) is 60.7 Å². The molecule has 118 valence electrons. The van der Waals surface area contributed by atoms with Crippen molar-refractivity contribution in [2.24, 2.45) is 4.99 Å². The van der Waals surface area contributed by atoms with Crippen LogP contribution in [-0.4, -0.2) is 12.8 Å². The van der Waals surface area contributed by atoms with E-state index in [2.05, 4.69) is 0 Å². The fraction of sp³-hybridized carbons (Fsp3) is 0.0952. The van der Waals surface area contributed by atoms with E-state index in [9.17, 15) is 4.39 Å². The summed E-state index contributed by atoms with van der Waals surface area (Å²) in [6.07, 6.45) is 0. The van der Waals surface area contributed by atoms with Gasteiger partial charge >= 0.3 is 0 Å². The molecule has 0 saturated heterocycles. The molecule has 0 aromatic heterocycles. The molecule has 0 amide bonds. The van der Waals surface area contributed by atoms with Crippen molar-refractivity contribution in [2.75, 3.05) is 7.11 Å². The van der Waals surface area contributed by atoms with Crippen molar-refractivity contribution < 1.29 is 9.13 Å². The van der Waals surface area contributed by atoms with E-state index in [0.717, 1.165) is 28.1 Å². The first-order valence-corrected chi connectivity index (χ1v) is 7.81. The van der Waals surface area contributed by atoms with E-state index in [-0.39, 0.29) is 5.82 Å². The van der Waals surface area contributed by atoms with E-state index >= 15 is 0 Å². The number of nitrogens with zero attached hydrogens (tertiary/aromatic N) is 1. The van der Waals surface area contributed by atoms with Gasteiger partial charge in [-0.2, -0.15) is 0 Å². The van der Waals surface area contributed by atoms with Crippen LogP contribution in [0.5, 0.6) is 0 Å². The maximum atomic E-state index is 13.4. The zero-order chi connectivity index (χ0) is 16.6. The number of rotatable bonds is 3. The Bertz CT molecular complexity index is 903. The van der Waals surface area contributed by atoms with Crippen molar-refractivity contribution in [1.82, 2.24) is 0 Å². The Morgan fingerprint density at radius 3 is 2.21 bits per heavy atom. The van der Waals surface area contributed by atoms with Crippen LogP contribution in [0.3, 0.4) is 0 Å². The number of benzene rings is 3. The fourth-order valence-corrected chi connectivity index (χ4v) is 3.36. The van der Waals surface area contributed by atoms with Gasteiger partial charge in [0.15, 0.2) is 5.60 Å². The van der Waals surface area contributed by atoms with Crippen molar-refractivity contribution in [3.8, 4) is 0 Å². The molecular formula is C21H16FNO. The average molecular weight is 317 g/mol. The lowest BCUT2D eigenvalue weighted by atomic mass is 9.81. The summed E-state index contributed by atoms with van der Waals surface area (Å²) in [6, 6.07) is 24.3. The van der Waals surface area contributed by atoms with Crippen LogP contribution in [0.25, 0.3) is 0 Å². The van der Waals surface area contributed by atoms with E-state index < -0.39 is 5.60 Å². The molecule has 24 heavy (non-hydrogen) atoms. The second-order valence-corrected chi connectivity index (χ2v) is 5.74. The predicted octanol–water partition coefficient (Wildman–Crippen LogP) is 4.85. The molecule has 0 fully saturated rings. The predicted molar refractivity (Wildman–Crippen MR) is 93.3 cm³/mol. The summed E-state index contributed by atoms with van der Waals surface area (Å²) in [6.45, 7) is 0. The lowest BCUT2D eigenvalue weighted by Gasteiger charge is -2.31. The Morgan fingerprint density at radius 1 is 0.833 bits per heavy atom. The summed E-state index contributed by atoms with van der Waals surface area (Å²) in [5, 5.41) is 0. The summed E-state index contributed by atoms with van der Waals surface area (Å²) in [4.78, 5) is 4.84. The van der Waals surface area contributed by atoms with Gasteiger partial charge in [-0.15, -0.1) is 0 Å². The molecule has 0 N–H and O–H groups in total. The summed E-state index contributed by atoms with van der Waals surface area (Å²) >= 11 is 0.